The van der Waals surface area contributed by atoms with E-state index >= 15 is 0 Å². The first-order chi connectivity index (χ1) is 15.5. The van der Waals surface area contributed by atoms with Gasteiger partial charge in [0.25, 0.3) is 0 Å². The predicted molar refractivity (Wildman–Crippen MR) is 127 cm³/mol. The summed E-state index contributed by atoms with van der Waals surface area (Å²) in [5.74, 6) is 1.000. The summed E-state index contributed by atoms with van der Waals surface area (Å²) in [7, 11) is 1.67. The van der Waals surface area contributed by atoms with Crippen molar-refractivity contribution in [3.8, 4) is 17.0 Å². The number of carbonyl (C=O) groups excluding carboxylic acids is 1. The standard InChI is InChI=1S/C25H28ClN3O3/c1-4-5-24(30)32-23-11-6-19(16-18(23)2)17-29(14-15-31-3)25-27-13-12-22(28-25)20-7-9-21(26)10-8-20/h6-13,16H,4-5,14-15,17H2,1-3H3. The number of carbonyl (C=O) groups is 1. The summed E-state index contributed by atoms with van der Waals surface area (Å²) in [5, 5.41) is 0.684. The lowest BCUT2D eigenvalue weighted by atomic mass is 10.1. The van der Waals surface area contributed by atoms with Gasteiger partial charge in [0.1, 0.15) is 5.75 Å². The van der Waals surface area contributed by atoms with Crippen molar-refractivity contribution < 1.29 is 14.3 Å². The van der Waals surface area contributed by atoms with Gasteiger partial charge in [0.2, 0.25) is 5.95 Å². The molecule has 3 aromatic rings. The molecule has 0 unspecified atom stereocenters. The maximum Gasteiger partial charge on any atom is 0.311 e. The predicted octanol–water partition coefficient (Wildman–Crippen LogP) is 5.46. The Labute approximate surface area is 194 Å². The Morgan fingerprint density at radius 2 is 1.91 bits per heavy atom. The van der Waals surface area contributed by atoms with Gasteiger partial charge in [0, 0.05) is 43.4 Å². The summed E-state index contributed by atoms with van der Waals surface area (Å²) in [6, 6.07) is 15.3. The Hall–Kier alpha value is -2.96. The van der Waals surface area contributed by atoms with Gasteiger partial charge in [-0.3, -0.25) is 4.79 Å². The number of aryl methyl sites for hydroxylation is 1. The zero-order chi connectivity index (χ0) is 22.9. The van der Waals surface area contributed by atoms with Crippen molar-refractivity contribution in [2.24, 2.45) is 0 Å². The smallest absolute Gasteiger partial charge is 0.311 e. The highest BCUT2D eigenvalue weighted by Gasteiger charge is 2.14. The maximum atomic E-state index is 11.8. The Kier molecular flexibility index (Phi) is 8.59. The van der Waals surface area contributed by atoms with E-state index in [1.807, 2.05) is 62.4 Å². The number of anilines is 1. The van der Waals surface area contributed by atoms with Gasteiger partial charge in [-0.2, -0.15) is 0 Å². The average Bonchev–Trinajstić information content (AvgIpc) is 2.79. The van der Waals surface area contributed by atoms with Gasteiger partial charge in [0.15, 0.2) is 0 Å². The molecule has 0 saturated heterocycles. The third-order valence-corrected chi connectivity index (χ3v) is 5.17. The number of esters is 1. The molecule has 0 aliphatic heterocycles. The molecule has 1 heterocycles. The molecule has 0 saturated carbocycles. The second kappa shape index (κ2) is 11.6. The van der Waals surface area contributed by atoms with Crippen LogP contribution >= 0.6 is 11.6 Å². The van der Waals surface area contributed by atoms with E-state index in [2.05, 4.69) is 9.88 Å². The lowest BCUT2D eigenvalue weighted by Gasteiger charge is -2.23. The Morgan fingerprint density at radius 3 is 2.59 bits per heavy atom. The van der Waals surface area contributed by atoms with Crippen LogP contribution in [0.3, 0.4) is 0 Å². The molecule has 0 N–H and O–H groups in total. The summed E-state index contributed by atoms with van der Waals surface area (Å²) in [6.07, 6.45) is 2.93. The van der Waals surface area contributed by atoms with Crippen LogP contribution in [0.25, 0.3) is 11.3 Å². The molecule has 7 heteroatoms. The highest BCUT2D eigenvalue weighted by Crippen LogP contribution is 2.24. The zero-order valence-corrected chi connectivity index (χ0v) is 19.4. The van der Waals surface area contributed by atoms with Crippen LogP contribution in [0.5, 0.6) is 5.75 Å². The fourth-order valence-electron chi connectivity index (χ4n) is 3.26. The normalized spacial score (nSPS) is 10.8. The summed E-state index contributed by atoms with van der Waals surface area (Å²) < 4.78 is 10.8. The number of methoxy groups -OCH3 is 1. The zero-order valence-electron chi connectivity index (χ0n) is 18.7. The SMILES string of the molecule is CCCC(=O)Oc1ccc(CN(CCOC)c2nccc(-c3ccc(Cl)cc3)n2)cc1C. The van der Waals surface area contributed by atoms with Crippen LogP contribution in [-0.4, -0.2) is 36.2 Å². The number of hydrogen-bond donors (Lipinski definition) is 0. The molecule has 0 bridgehead atoms. The van der Waals surface area contributed by atoms with Gasteiger partial charge < -0.3 is 14.4 Å². The molecule has 1 aromatic heterocycles. The lowest BCUT2D eigenvalue weighted by molar-refractivity contribution is -0.134. The maximum absolute atomic E-state index is 11.8. The molecule has 0 aliphatic carbocycles. The molecule has 0 atom stereocenters. The van der Waals surface area contributed by atoms with Crippen molar-refractivity contribution in [3.63, 3.8) is 0 Å². The fraction of sp³-hybridized carbons (Fsp3) is 0.320. The molecule has 6 nitrogen and oxygen atoms in total. The van der Waals surface area contributed by atoms with Crippen LogP contribution in [0, 0.1) is 6.92 Å². The quantitative estimate of drug-likeness (QED) is 0.300. The first-order valence-corrected chi connectivity index (χ1v) is 11.0. The van der Waals surface area contributed by atoms with Crippen molar-refractivity contribution in [3.05, 3.63) is 70.9 Å². The molecule has 3 rings (SSSR count). The highest BCUT2D eigenvalue weighted by atomic mass is 35.5. The third-order valence-electron chi connectivity index (χ3n) is 4.92. The second-order valence-corrected chi connectivity index (χ2v) is 7.92. The molecular formula is C25H28ClN3O3. The summed E-state index contributed by atoms with van der Waals surface area (Å²) in [5.41, 5.74) is 3.77. The van der Waals surface area contributed by atoms with E-state index in [0.717, 1.165) is 28.8 Å². The molecule has 0 radical (unpaired) electrons. The van der Waals surface area contributed by atoms with Gasteiger partial charge in [-0.15, -0.1) is 0 Å². The second-order valence-electron chi connectivity index (χ2n) is 7.49. The Morgan fingerprint density at radius 1 is 1.12 bits per heavy atom. The molecule has 0 amide bonds. The molecule has 32 heavy (non-hydrogen) atoms. The van der Waals surface area contributed by atoms with E-state index in [1.54, 1.807) is 13.3 Å². The van der Waals surface area contributed by atoms with E-state index in [9.17, 15) is 4.79 Å². The Balaban J connectivity index is 1.81. The Bertz CT molecular complexity index is 1040. The number of halogens is 1. The highest BCUT2D eigenvalue weighted by molar-refractivity contribution is 6.30. The van der Waals surface area contributed by atoms with E-state index in [0.29, 0.717) is 42.8 Å². The van der Waals surface area contributed by atoms with Crippen molar-refractivity contribution in [1.29, 1.82) is 0 Å². The lowest BCUT2D eigenvalue weighted by Crippen LogP contribution is -2.28. The van der Waals surface area contributed by atoms with Crippen LogP contribution in [-0.2, 0) is 16.1 Å². The van der Waals surface area contributed by atoms with Crippen molar-refractivity contribution >= 4 is 23.5 Å². The van der Waals surface area contributed by atoms with Crippen molar-refractivity contribution in [2.45, 2.75) is 33.2 Å². The summed E-state index contributed by atoms with van der Waals surface area (Å²) >= 11 is 6.01. The minimum absolute atomic E-state index is 0.211. The van der Waals surface area contributed by atoms with Gasteiger partial charge in [-0.1, -0.05) is 42.8 Å². The van der Waals surface area contributed by atoms with Crippen molar-refractivity contribution in [1.82, 2.24) is 9.97 Å². The molecule has 0 fully saturated rings. The monoisotopic (exact) mass is 453 g/mol. The van der Waals surface area contributed by atoms with Crippen LogP contribution in [0.1, 0.15) is 30.9 Å². The van der Waals surface area contributed by atoms with Gasteiger partial charge in [0.05, 0.1) is 12.3 Å². The van der Waals surface area contributed by atoms with E-state index in [-0.39, 0.29) is 5.97 Å². The molecule has 0 aliphatic rings. The van der Waals surface area contributed by atoms with Crippen molar-refractivity contribution in [2.75, 3.05) is 25.2 Å². The fourth-order valence-corrected chi connectivity index (χ4v) is 3.38. The molecule has 2 aromatic carbocycles. The molecular weight excluding hydrogens is 426 g/mol. The van der Waals surface area contributed by atoms with Crippen LogP contribution in [0.15, 0.2) is 54.7 Å². The number of benzene rings is 2. The van der Waals surface area contributed by atoms with Crippen LogP contribution < -0.4 is 9.64 Å². The topological polar surface area (TPSA) is 64.5 Å². The molecule has 0 spiro atoms. The number of rotatable bonds is 10. The average molecular weight is 454 g/mol. The third kappa shape index (κ3) is 6.52. The minimum Gasteiger partial charge on any atom is -0.426 e. The van der Waals surface area contributed by atoms with Crippen LogP contribution in [0.2, 0.25) is 5.02 Å². The van der Waals surface area contributed by atoms with E-state index in [4.69, 9.17) is 26.1 Å². The number of nitrogens with zero attached hydrogens (tertiary/aromatic N) is 3. The first kappa shape index (κ1) is 23.7. The summed E-state index contributed by atoms with van der Waals surface area (Å²) in [4.78, 5) is 23.2. The largest absolute Gasteiger partial charge is 0.426 e. The number of aromatic nitrogens is 2. The first-order valence-electron chi connectivity index (χ1n) is 10.6. The number of hydrogen-bond acceptors (Lipinski definition) is 6. The molecule has 168 valence electrons. The van der Waals surface area contributed by atoms with Gasteiger partial charge in [-0.05, 0) is 48.7 Å². The van der Waals surface area contributed by atoms with Gasteiger partial charge in [-0.25, -0.2) is 9.97 Å². The summed E-state index contributed by atoms with van der Waals surface area (Å²) in [6.45, 7) is 5.66. The van der Waals surface area contributed by atoms with E-state index in [1.165, 1.54) is 0 Å². The van der Waals surface area contributed by atoms with Gasteiger partial charge >= 0.3 is 5.97 Å². The minimum atomic E-state index is -0.211. The van der Waals surface area contributed by atoms with Crippen LogP contribution in [0.4, 0.5) is 5.95 Å². The number of ether oxygens (including phenoxy) is 2. The van der Waals surface area contributed by atoms with E-state index < -0.39 is 0 Å².